The molecule has 2 aromatic rings. The zero-order chi connectivity index (χ0) is 18.6. The summed E-state index contributed by atoms with van der Waals surface area (Å²) in [5.74, 6) is -1.57. The van der Waals surface area contributed by atoms with Crippen LogP contribution in [0.15, 0.2) is 42.5 Å². The summed E-state index contributed by atoms with van der Waals surface area (Å²) < 4.78 is 5.22. The van der Waals surface area contributed by atoms with Crippen LogP contribution in [0.5, 0.6) is 0 Å². The summed E-state index contributed by atoms with van der Waals surface area (Å²) in [6, 6.07) is 11.5. The SMILES string of the molecule is Cc1cc(C)cc(C(=O)O[C@H](C)C(=O)Nc2ccc(C(N)=O)cc2)c1. The van der Waals surface area contributed by atoms with Gasteiger partial charge in [-0.25, -0.2) is 4.79 Å². The van der Waals surface area contributed by atoms with Crippen molar-refractivity contribution in [2.45, 2.75) is 26.9 Å². The molecule has 2 amide bonds. The van der Waals surface area contributed by atoms with Gasteiger partial charge in [-0.1, -0.05) is 17.2 Å². The molecule has 0 aliphatic rings. The van der Waals surface area contributed by atoms with Crippen LogP contribution in [0.2, 0.25) is 0 Å². The van der Waals surface area contributed by atoms with Crippen LogP contribution in [-0.2, 0) is 9.53 Å². The number of primary amides is 1. The van der Waals surface area contributed by atoms with Gasteiger partial charge in [0.25, 0.3) is 5.91 Å². The number of esters is 1. The summed E-state index contributed by atoms with van der Waals surface area (Å²) in [5.41, 5.74) is 8.27. The van der Waals surface area contributed by atoms with Crippen LogP contribution < -0.4 is 11.1 Å². The predicted octanol–water partition coefficient (Wildman–Crippen LogP) is 2.59. The monoisotopic (exact) mass is 340 g/mol. The van der Waals surface area contributed by atoms with Gasteiger partial charge < -0.3 is 15.8 Å². The van der Waals surface area contributed by atoms with E-state index in [0.29, 0.717) is 16.8 Å². The van der Waals surface area contributed by atoms with E-state index in [1.807, 2.05) is 19.9 Å². The molecule has 1 atom stereocenters. The number of benzene rings is 2. The van der Waals surface area contributed by atoms with Crippen molar-refractivity contribution in [2.24, 2.45) is 5.73 Å². The number of hydrogen-bond acceptors (Lipinski definition) is 4. The van der Waals surface area contributed by atoms with Gasteiger partial charge in [-0.15, -0.1) is 0 Å². The molecule has 3 N–H and O–H groups in total. The summed E-state index contributed by atoms with van der Waals surface area (Å²) in [7, 11) is 0. The van der Waals surface area contributed by atoms with Gasteiger partial charge in [-0.05, 0) is 57.2 Å². The second-order valence-electron chi connectivity index (χ2n) is 5.85. The smallest absolute Gasteiger partial charge is 0.338 e. The highest BCUT2D eigenvalue weighted by atomic mass is 16.5. The molecular weight excluding hydrogens is 320 g/mol. The van der Waals surface area contributed by atoms with E-state index >= 15 is 0 Å². The zero-order valence-corrected chi connectivity index (χ0v) is 14.3. The number of amides is 2. The van der Waals surface area contributed by atoms with Gasteiger partial charge in [-0.3, -0.25) is 9.59 Å². The fraction of sp³-hybridized carbons (Fsp3) is 0.211. The van der Waals surface area contributed by atoms with Gasteiger partial charge in [-0.2, -0.15) is 0 Å². The molecule has 0 radical (unpaired) electrons. The Morgan fingerprint density at radius 3 is 2.04 bits per heavy atom. The quantitative estimate of drug-likeness (QED) is 0.817. The van der Waals surface area contributed by atoms with Gasteiger partial charge in [0.15, 0.2) is 6.10 Å². The van der Waals surface area contributed by atoms with E-state index in [0.717, 1.165) is 11.1 Å². The van der Waals surface area contributed by atoms with Crippen LogP contribution in [-0.4, -0.2) is 23.9 Å². The third-order valence-corrected chi connectivity index (χ3v) is 3.55. The lowest BCUT2D eigenvalue weighted by Crippen LogP contribution is -2.30. The Morgan fingerprint density at radius 2 is 1.52 bits per heavy atom. The third kappa shape index (κ3) is 4.91. The molecule has 0 fully saturated rings. The normalized spacial score (nSPS) is 11.5. The number of aryl methyl sites for hydroxylation is 2. The highest BCUT2D eigenvalue weighted by molar-refractivity contribution is 5.98. The second-order valence-corrected chi connectivity index (χ2v) is 5.85. The molecule has 0 saturated heterocycles. The Morgan fingerprint density at radius 1 is 0.960 bits per heavy atom. The first-order chi connectivity index (χ1) is 11.8. The first-order valence-corrected chi connectivity index (χ1v) is 7.76. The summed E-state index contributed by atoms with van der Waals surface area (Å²) in [5, 5.41) is 2.62. The molecule has 2 aromatic carbocycles. The molecule has 6 heteroatoms. The highest BCUT2D eigenvalue weighted by Crippen LogP contribution is 2.13. The Labute approximate surface area is 146 Å². The molecule has 0 saturated carbocycles. The highest BCUT2D eigenvalue weighted by Gasteiger charge is 2.19. The van der Waals surface area contributed by atoms with Crippen molar-refractivity contribution in [3.8, 4) is 0 Å². The fourth-order valence-corrected chi connectivity index (χ4v) is 2.34. The summed E-state index contributed by atoms with van der Waals surface area (Å²) in [6.45, 7) is 5.26. The molecule has 0 spiro atoms. The van der Waals surface area contributed by atoms with Crippen molar-refractivity contribution in [1.82, 2.24) is 0 Å². The largest absolute Gasteiger partial charge is 0.449 e. The molecule has 0 heterocycles. The number of nitrogens with two attached hydrogens (primary N) is 1. The Bertz CT molecular complexity index is 792. The molecule has 0 aromatic heterocycles. The maximum Gasteiger partial charge on any atom is 0.338 e. The molecule has 0 aliphatic carbocycles. The van der Waals surface area contributed by atoms with Gasteiger partial charge in [0.2, 0.25) is 5.91 Å². The minimum absolute atomic E-state index is 0.340. The van der Waals surface area contributed by atoms with Crippen LogP contribution in [0.1, 0.15) is 38.8 Å². The van der Waals surface area contributed by atoms with E-state index in [9.17, 15) is 14.4 Å². The lowest BCUT2D eigenvalue weighted by Gasteiger charge is -2.14. The number of rotatable bonds is 5. The van der Waals surface area contributed by atoms with E-state index in [2.05, 4.69) is 5.32 Å². The van der Waals surface area contributed by atoms with Crippen molar-refractivity contribution in [3.63, 3.8) is 0 Å². The number of carbonyl (C=O) groups excluding carboxylic acids is 3. The van der Waals surface area contributed by atoms with Gasteiger partial charge >= 0.3 is 5.97 Å². The summed E-state index contributed by atoms with van der Waals surface area (Å²) >= 11 is 0. The number of anilines is 1. The summed E-state index contributed by atoms with van der Waals surface area (Å²) in [4.78, 5) is 35.4. The van der Waals surface area contributed by atoms with Crippen molar-refractivity contribution in [1.29, 1.82) is 0 Å². The lowest BCUT2D eigenvalue weighted by atomic mass is 10.1. The van der Waals surface area contributed by atoms with Crippen molar-refractivity contribution >= 4 is 23.5 Å². The Hall–Kier alpha value is -3.15. The maximum absolute atomic E-state index is 12.2. The van der Waals surface area contributed by atoms with Crippen molar-refractivity contribution in [3.05, 3.63) is 64.7 Å². The van der Waals surface area contributed by atoms with Gasteiger partial charge in [0.05, 0.1) is 5.56 Å². The summed E-state index contributed by atoms with van der Waals surface area (Å²) in [6.07, 6.45) is -0.968. The van der Waals surface area contributed by atoms with Crippen LogP contribution in [0, 0.1) is 13.8 Å². The minimum atomic E-state index is -0.968. The number of hydrogen-bond donors (Lipinski definition) is 2. The van der Waals surface area contributed by atoms with Crippen molar-refractivity contribution < 1.29 is 19.1 Å². The minimum Gasteiger partial charge on any atom is -0.449 e. The van der Waals surface area contributed by atoms with Gasteiger partial charge in [0.1, 0.15) is 0 Å². The predicted molar refractivity (Wildman–Crippen MR) is 94.4 cm³/mol. The first-order valence-electron chi connectivity index (χ1n) is 7.76. The third-order valence-electron chi connectivity index (χ3n) is 3.55. The molecule has 6 nitrogen and oxygen atoms in total. The molecular formula is C19H20N2O4. The van der Waals surface area contributed by atoms with E-state index < -0.39 is 23.9 Å². The van der Waals surface area contributed by atoms with Crippen LogP contribution in [0.4, 0.5) is 5.69 Å². The Kier molecular flexibility index (Phi) is 5.54. The fourth-order valence-electron chi connectivity index (χ4n) is 2.34. The molecule has 130 valence electrons. The number of nitrogens with one attached hydrogen (secondary N) is 1. The zero-order valence-electron chi connectivity index (χ0n) is 14.3. The molecule has 25 heavy (non-hydrogen) atoms. The van der Waals surface area contributed by atoms with Gasteiger partial charge in [0, 0.05) is 11.3 Å². The average Bonchev–Trinajstić information content (AvgIpc) is 2.54. The Balaban J connectivity index is 1.99. The van der Waals surface area contributed by atoms with Crippen LogP contribution in [0.25, 0.3) is 0 Å². The molecule has 0 bridgehead atoms. The number of carbonyl (C=O) groups is 3. The topological polar surface area (TPSA) is 98.5 Å². The number of ether oxygens (including phenoxy) is 1. The maximum atomic E-state index is 12.2. The first kappa shape index (κ1) is 18.2. The molecule has 0 unspecified atom stereocenters. The molecule has 0 aliphatic heterocycles. The lowest BCUT2D eigenvalue weighted by molar-refractivity contribution is -0.123. The second kappa shape index (κ2) is 7.61. The van der Waals surface area contributed by atoms with E-state index in [1.165, 1.54) is 19.1 Å². The average molecular weight is 340 g/mol. The van der Waals surface area contributed by atoms with E-state index in [4.69, 9.17) is 10.5 Å². The van der Waals surface area contributed by atoms with Crippen LogP contribution >= 0.6 is 0 Å². The van der Waals surface area contributed by atoms with Crippen LogP contribution in [0.3, 0.4) is 0 Å². The van der Waals surface area contributed by atoms with E-state index in [1.54, 1.807) is 24.3 Å². The molecule has 2 rings (SSSR count). The standard InChI is InChI=1S/C19H20N2O4/c1-11-8-12(2)10-15(9-11)19(24)25-13(3)18(23)21-16-6-4-14(5-7-16)17(20)22/h4-10,13H,1-3H3,(H2,20,22)(H,21,23)/t13-/m1/s1. The van der Waals surface area contributed by atoms with Crippen molar-refractivity contribution in [2.75, 3.05) is 5.32 Å². The van der Waals surface area contributed by atoms with E-state index in [-0.39, 0.29) is 0 Å².